The van der Waals surface area contributed by atoms with Crippen molar-refractivity contribution in [2.24, 2.45) is 5.73 Å². The summed E-state index contributed by atoms with van der Waals surface area (Å²) in [5.74, 6) is -0.835. The number of halogens is 2. The molecule has 94 valence electrons. The largest absolute Gasteiger partial charge is 0.457 e. The highest BCUT2D eigenvalue weighted by atomic mass is 19.1. The van der Waals surface area contributed by atoms with Gasteiger partial charge in [0.15, 0.2) is 0 Å². The lowest BCUT2D eigenvalue weighted by molar-refractivity contribution is 0.462. The van der Waals surface area contributed by atoms with Gasteiger partial charge < -0.3 is 10.5 Å². The fraction of sp³-hybridized carbons (Fsp3) is 0.154. The van der Waals surface area contributed by atoms with E-state index < -0.39 is 11.6 Å². The molecule has 1 aromatic carbocycles. The number of rotatable bonds is 3. The number of nitrogens with two attached hydrogens (primary N) is 1. The molecule has 0 aliphatic carbocycles. The number of benzene rings is 1. The van der Waals surface area contributed by atoms with Crippen LogP contribution in [0.25, 0.3) is 0 Å². The van der Waals surface area contributed by atoms with Gasteiger partial charge in [0.2, 0.25) is 0 Å². The molecular weight excluding hydrogens is 238 g/mol. The van der Waals surface area contributed by atoms with Gasteiger partial charge in [-0.3, -0.25) is 4.98 Å². The lowest BCUT2D eigenvalue weighted by Gasteiger charge is -2.10. The molecule has 2 rings (SSSR count). The van der Waals surface area contributed by atoms with Crippen LogP contribution >= 0.6 is 0 Å². The molecule has 0 spiro atoms. The lowest BCUT2D eigenvalue weighted by atomic mass is 10.2. The number of pyridine rings is 1. The maximum Gasteiger partial charge on any atom is 0.135 e. The van der Waals surface area contributed by atoms with Gasteiger partial charge in [0.1, 0.15) is 23.1 Å². The van der Waals surface area contributed by atoms with E-state index in [4.69, 9.17) is 10.5 Å². The minimum atomic E-state index is -0.690. The van der Waals surface area contributed by atoms with Gasteiger partial charge in [-0.1, -0.05) is 0 Å². The van der Waals surface area contributed by atoms with E-state index in [0.717, 1.165) is 23.9 Å². The van der Waals surface area contributed by atoms with Crippen LogP contribution in [-0.2, 0) is 6.54 Å². The van der Waals surface area contributed by atoms with Crippen LogP contribution in [0.5, 0.6) is 11.5 Å². The van der Waals surface area contributed by atoms with Crippen LogP contribution in [0.2, 0.25) is 0 Å². The summed E-state index contributed by atoms with van der Waals surface area (Å²) in [7, 11) is 0. The predicted octanol–water partition coefficient (Wildman–Crippen LogP) is 2.92. The molecule has 3 nitrogen and oxygen atoms in total. The summed E-state index contributed by atoms with van der Waals surface area (Å²) < 4.78 is 31.5. The van der Waals surface area contributed by atoms with Gasteiger partial charge in [-0.05, 0) is 6.92 Å². The first-order chi connectivity index (χ1) is 8.58. The second-order valence-electron chi connectivity index (χ2n) is 3.84. The van der Waals surface area contributed by atoms with E-state index in [1.54, 1.807) is 19.2 Å². The molecule has 2 N–H and O–H groups in total. The van der Waals surface area contributed by atoms with Gasteiger partial charge >= 0.3 is 0 Å². The maximum absolute atomic E-state index is 13.0. The standard InChI is InChI=1S/C13H12F2N2O/c1-8-2-13(9(6-16)7-17-8)18-12-4-10(14)3-11(15)5-12/h2-5,7H,6,16H2,1H3. The highest BCUT2D eigenvalue weighted by molar-refractivity contribution is 5.37. The number of ether oxygens (including phenoxy) is 1. The Labute approximate surface area is 103 Å². The van der Waals surface area contributed by atoms with E-state index in [2.05, 4.69) is 4.98 Å². The number of aromatic nitrogens is 1. The molecule has 0 saturated heterocycles. The summed E-state index contributed by atoms with van der Waals surface area (Å²) in [4.78, 5) is 4.08. The Hall–Kier alpha value is -2.01. The van der Waals surface area contributed by atoms with Crippen molar-refractivity contribution in [1.29, 1.82) is 0 Å². The van der Waals surface area contributed by atoms with Gasteiger partial charge in [-0.15, -0.1) is 0 Å². The van der Waals surface area contributed by atoms with Crippen molar-refractivity contribution < 1.29 is 13.5 Å². The van der Waals surface area contributed by atoms with Crippen molar-refractivity contribution in [2.75, 3.05) is 0 Å². The summed E-state index contributed by atoms with van der Waals surface area (Å²) in [6, 6.07) is 4.68. The SMILES string of the molecule is Cc1cc(Oc2cc(F)cc(F)c2)c(CN)cn1. The second-order valence-corrected chi connectivity index (χ2v) is 3.84. The molecule has 2 aromatic rings. The number of hydrogen-bond acceptors (Lipinski definition) is 3. The van der Waals surface area contributed by atoms with Crippen molar-refractivity contribution in [2.45, 2.75) is 13.5 Å². The van der Waals surface area contributed by atoms with Crippen LogP contribution in [0.1, 0.15) is 11.3 Å². The van der Waals surface area contributed by atoms with E-state index in [1.165, 1.54) is 0 Å². The molecule has 0 bridgehead atoms. The Morgan fingerprint density at radius 3 is 2.44 bits per heavy atom. The second kappa shape index (κ2) is 5.10. The van der Waals surface area contributed by atoms with Crippen molar-refractivity contribution in [1.82, 2.24) is 4.98 Å². The molecular formula is C13H12F2N2O. The molecule has 0 radical (unpaired) electrons. The first-order valence-electron chi connectivity index (χ1n) is 5.38. The molecule has 0 aliphatic rings. The van der Waals surface area contributed by atoms with Crippen LogP contribution in [0, 0.1) is 18.6 Å². The molecule has 0 unspecified atom stereocenters. The minimum absolute atomic E-state index is 0.0906. The average molecular weight is 250 g/mol. The minimum Gasteiger partial charge on any atom is -0.457 e. The summed E-state index contributed by atoms with van der Waals surface area (Å²) in [5, 5.41) is 0. The highest BCUT2D eigenvalue weighted by Crippen LogP contribution is 2.26. The van der Waals surface area contributed by atoms with Crippen LogP contribution in [-0.4, -0.2) is 4.98 Å². The molecule has 5 heteroatoms. The van der Waals surface area contributed by atoms with E-state index >= 15 is 0 Å². The van der Waals surface area contributed by atoms with Crippen LogP contribution in [0.15, 0.2) is 30.5 Å². The molecule has 1 aromatic heterocycles. The third-order valence-electron chi connectivity index (χ3n) is 2.36. The summed E-state index contributed by atoms with van der Waals surface area (Å²) in [5.41, 5.74) is 6.95. The van der Waals surface area contributed by atoms with E-state index in [9.17, 15) is 8.78 Å². The Kier molecular flexibility index (Phi) is 3.53. The van der Waals surface area contributed by atoms with E-state index in [0.29, 0.717) is 11.3 Å². The first kappa shape index (κ1) is 12.4. The third-order valence-corrected chi connectivity index (χ3v) is 2.36. The van der Waals surface area contributed by atoms with E-state index in [-0.39, 0.29) is 12.3 Å². The van der Waals surface area contributed by atoms with Crippen molar-refractivity contribution >= 4 is 0 Å². The molecule has 0 saturated carbocycles. The zero-order valence-corrected chi connectivity index (χ0v) is 9.78. The number of nitrogens with zero attached hydrogens (tertiary/aromatic N) is 1. The first-order valence-corrected chi connectivity index (χ1v) is 5.38. The Balaban J connectivity index is 2.35. The lowest BCUT2D eigenvalue weighted by Crippen LogP contribution is -2.01. The fourth-order valence-electron chi connectivity index (χ4n) is 1.53. The van der Waals surface area contributed by atoms with Gasteiger partial charge in [0.05, 0.1) is 0 Å². The zero-order chi connectivity index (χ0) is 13.1. The topological polar surface area (TPSA) is 48.1 Å². The molecule has 0 aliphatic heterocycles. The number of hydrogen-bond donors (Lipinski definition) is 1. The third kappa shape index (κ3) is 2.81. The van der Waals surface area contributed by atoms with Crippen LogP contribution in [0.3, 0.4) is 0 Å². The molecule has 1 heterocycles. The fourth-order valence-corrected chi connectivity index (χ4v) is 1.53. The van der Waals surface area contributed by atoms with Gasteiger partial charge in [0, 0.05) is 48.3 Å². The van der Waals surface area contributed by atoms with Crippen LogP contribution in [0.4, 0.5) is 8.78 Å². The monoisotopic (exact) mass is 250 g/mol. The summed E-state index contributed by atoms with van der Waals surface area (Å²) >= 11 is 0. The average Bonchev–Trinajstić information content (AvgIpc) is 2.27. The molecule has 18 heavy (non-hydrogen) atoms. The van der Waals surface area contributed by atoms with Gasteiger partial charge in [-0.25, -0.2) is 8.78 Å². The highest BCUT2D eigenvalue weighted by Gasteiger charge is 2.07. The van der Waals surface area contributed by atoms with E-state index in [1.807, 2.05) is 0 Å². The smallest absolute Gasteiger partial charge is 0.135 e. The van der Waals surface area contributed by atoms with Crippen molar-refractivity contribution in [3.8, 4) is 11.5 Å². The Bertz CT molecular complexity index is 553. The Morgan fingerprint density at radius 2 is 1.83 bits per heavy atom. The summed E-state index contributed by atoms with van der Waals surface area (Å²) in [6.07, 6.45) is 1.58. The number of aryl methyl sites for hydroxylation is 1. The normalized spacial score (nSPS) is 10.4. The van der Waals surface area contributed by atoms with Crippen molar-refractivity contribution in [3.63, 3.8) is 0 Å². The molecule has 0 fully saturated rings. The molecule has 0 amide bonds. The Morgan fingerprint density at radius 1 is 1.17 bits per heavy atom. The quantitative estimate of drug-likeness (QED) is 0.911. The van der Waals surface area contributed by atoms with Crippen molar-refractivity contribution in [3.05, 3.63) is 53.4 Å². The molecule has 0 atom stereocenters. The van der Waals surface area contributed by atoms with Crippen LogP contribution < -0.4 is 10.5 Å². The maximum atomic E-state index is 13.0. The summed E-state index contributed by atoms with van der Waals surface area (Å²) in [6.45, 7) is 2.03. The van der Waals surface area contributed by atoms with Gasteiger partial charge in [-0.2, -0.15) is 0 Å². The van der Waals surface area contributed by atoms with Gasteiger partial charge in [0.25, 0.3) is 0 Å². The predicted molar refractivity (Wildman–Crippen MR) is 63.3 cm³/mol. The zero-order valence-electron chi connectivity index (χ0n) is 9.78.